The minimum absolute atomic E-state index is 0.00463. The highest BCUT2D eigenvalue weighted by Gasteiger charge is 2.05. The lowest BCUT2D eigenvalue weighted by atomic mass is 10.1. The van der Waals surface area contributed by atoms with Crippen LogP contribution in [0.2, 0.25) is 0 Å². The van der Waals surface area contributed by atoms with E-state index < -0.39 is 17.8 Å². The first-order valence-electron chi connectivity index (χ1n) is 6.06. The maximum absolute atomic E-state index is 11.7. The molecule has 0 aliphatic carbocycles. The Labute approximate surface area is 124 Å². The van der Waals surface area contributed by atoms with E-state index in [2.05, 4.69) is 5.32 Å². The zero-order valence-corrected chi connectivity index (χ0v) is 11.1. The smallest absolute Gasteiger partial charge is 0.248 e. The summed E-state index contributed by atoms with van der Waals surface area (Å²) in [4.78, 5) is 33.4. The molecule has 0 unspecified atom stereocenters. The summed E-state index contributed by atoms with van der Waals surface area (Å²) in [6.45, 7) is 0. The van der Waals surface area contributed by atoms with E-state index in [0.717, 1.165) is 24.3 Å². The number of furan rings is 1. The van der Waals surface area contributed by atoms with Crippen LogP contribution in [0.25, 0.3) is 6.08 Å². The Bertz CT molecular complexity index is 713. The van der Waals surface area contributed by atoms with Crippen LogP contribution in [-0.4, -0.2) is 17.8 Å². The SMILES string of the molecule is O=C(/C=C/c1ccco1)Nc1cc(C(=O)[O-])cc(C(=O)[O-])c1. The molecule has 1 aromatic carbocycles. The number of hydrogen-bond donors (Lipinski definition) is 1. The number of rotatable bonds is 5. The van der Waals surface area contributed by atoms with Gasteiger partial charge in [0.05, 0.1) is 18.2 Å². The van der Waals surface area contributed by atoms with Crippen LogP contribution in [0.15, 0.2) is 47.1 Å². The number of carbonyl (C=O) groups excluding carboxylic acids is 3. The van der Waals surface area contributed by atoms with Gasteiger partial charge in [-0.2, -0.15) is 0 Å². The Morgan fingerprint density at radius 1 is 1.05 bits per heavy atom. The van der Waals surface area contributed by atoms with Crippen molar-refractivity contribution in [2.45, 2.75) is 0 Å². The van der Waals surface area contributed by atoms with Gasteiger partial charge in [-0.05, 0) is 47.5 Å². The number of carbonyl (C=O) groups is 3. The van der Waals surface area contributed by atoms with Crippen molar-refractivity contribution in [3.05, 3.63) is 59.6 Å². The first-order valence-corrected chi connectivity index (χ1v) is 6.06. The number of amides is 1. The number of nitrogens with one attached hydrogen (secondary N) is 1. The number of benzene rings is 1. The Morgan fingerprint density at radius 3 is 2.18 bits per heavy atom. The molecule has 0 radical (unpaired) electrons. The highest BCUT2D eigenvalue weighted by Crippen LogP contribution is 2.15. The lowest BCUT2D eigenvalue weighted by Gasteiger charge is -2.11. The van der Waals surface area contributed by atoms with Crippen LogP contribution in [0.5, 0.6) is 0 Å². The molecule has 7 nitrogen and oxygen atoms in total. The van der Waals surface area contributed by atoms with Crippen molar-refractivity contribution >= 4 is 29.6 Å². The molecule has 0 saturated heterocycles. The van der Waals surface area contributed by atoms with Crippen LogP contribution in [0, 0.1) is 0 Å². The summed E-state index contributed by atoms with van der Waals surface area (Å²) in [6, 6.07) is 6.33. The molecular formula is C15H9NO6-2. The topological polar surface area (TPSA) is 122 Å². The maximum atomic E-state index is 11.7. The molecule has 7 heteroatoms. The van der Waals surface area contributed by atoms with Gasteiger partial charge in [-0.15, -0.1) is 0 Å². The largest absolute Gasteiger partial charge is 0.545 e. The molecule has 0 aliphatic heterocycles. The Morgan fingerprint density at radius 2 is 1.68 bits per heavy atom. The molecule has 0 atom stereocenters. The fourth-order valence-electron chi connectivity index (χ4n) is 1.66. The van der Waals surface area contributed by atoms with Crippen LogP contribution in [0.1, 0.15) is 26.5 Å². The number of hydrogen-bond acceptors (Lipinski definition) is 6. The zero-order valence-electron chi connectivity index (χ0n) is 11.1. The zero-order chi connectivity index (χ0) is 16.1. The lowest BCUT2D eigenvalue weighted by Crippen LogP contribution is -2.26. The summed E-state index contributed by atoms with van der Waals surface area (Å²) in [5.74, 6) is -3.26. The Kier molecular flexibility index (Phi) is 4.38. The van der Waals surface area contributed by atoms with Gasteiger partial charge in [-0.3, -0.25) is 4.79 Å². The van der Waals surface area contributed by atoms with E-state index in [1.807, 2.05) is 0 Å². The van der Waals surface area contributed by atoms with E-state index in [0.29, 0.717) is 5.76 Å². The standard InChI is InChI=1S/C15H11NO6/c17-13(4-3-12-2-1-5-22-12)16-11-7-9(14(18)19)6-10(8-11)15(20)21/h1-8H,(H,16,17)(H,18,19)(H,20,21)/p-2/b4-3+. The van der Waals surface area contributed by atoms with Crippen LogP contribution < -0.4 is 15.5 Å². The molecule has 112 valence electrons. The number of aromatic carboxylic acids is 2. The predicted molar refractivity (Wildman–Crippen MR) is 71.5 cm³/mol. The van der Waals surface area contributed by atoms with Gasteiger partial charge in [0, 0.05) is 11.8 Å². The number of carboxylic acids is 2. The van der Waals surface area contributed by atoms with Crippen molar-refractivity contribution in [1.82, 2.24) is 0 Å². The quantitative estimate of drug-likeness (QED) is 0.753. The Hall–Kier alpha value is -3.35. The molecule has 1 aromatic heterocycles. The van der Waals surface area contributed by atoms with Crippen LogP contribution >= 0.6 is 0 Å². The third kappa shape index (κ3) is 3.83. The van der Waals surface area contributed by atoms with E-state index in [-0.39, 0.29) is 16.8 Å². The van der Waals surface area contributed by atoms with Crippen LogP contribution in [-0.2, 0) is 4.79 Å². The molecule has 0 fully saturated rings. The first-order chi connectivity index (χ1) is 10.5. The van der Waals surface area contributed by atoms with Crippen LogP contribution in [0.4, 0.5) is 5.69 Å². The van der Waals surface area contributed by atoms with Gasteiger partial charge in [0.25, 0.3) is 0 Å². The molecular weight excluding hydrogens is 290 g/mol. The second-order valence-electron chi connectivity index (χ2n) is 4.21. The third-order valence-electron chi connectivity index (χ3n) is 2.61. The summed E-state index contributed by atoms with van der Waals surface area (Å²) in [7, 11) is 0. The summed E-state index contributed by atoms with van der Waals surface area (Å²) in [6.07, 6.45) is 3.99. The van der Waals surface area contributed by atoms with Gasteiger partial charge in [-0.25, -0.2) is 0 Å². The minimum atomic E-state index is -1.57. The highest BCUT2D eigenvalue weighted by atomic mass is 16.4. The fraction of sp³-hybridized carbons (Fsp3) is 0. The molecule has 1 N–H and O–H groups in total. The monoisotopic (exact) mass is 299 g/mol. The van der Waals surface area contributed by atoms with Crippen molar-refractivity contribution in [2.24, 2.45) is 0 Å². The average molecular weight is 299 g/mol. The van der Waals surface area contributed by atoms with Crippen LogP contribution in [0.3, 0.4) is 0 Å². The first kappa shape index (κ1) is 15.0. The van der Waals surface area contributed by atoms with Gasteiger partial charge in [0.15, 0.2) is 0 Å². The van der Waals surface area contributed by atoms with Gasteiger partial charge < -0.3 is 29.5 Å². The molecule has 2 aromatic rings. The molecule has 2 rings (SSSR count). The normalized spacial score (nSPS) is 10.5. The van der Waals surface area contributed by atoms with Crippen molar-refractivity contribution in [2.75, 3.05) is 5.32 Å². The highest BCUT2D eigenvalue weighted by molar-refractivity contribution is 6.03. The Balaban J connectivity index is 2.19. The molecule has 0 bridgehead atoms. The minimum Gasteiger partial charge on any atom is -0.545 e. The molecule has 1 amide bonds. The van der Waals surface area contributed by atoms with Crippen molar-refractivity contribution in [3.63, 3.8) is 0 Å². The number of anilines is 1. The fourth-order valence-corrected chi connectivity index (χ4v) is 1.66. The van der Waals surface area contributed by atoms with Crippen molar-refractivity contribution in [1.29, 1.82) is 0 Å². The third-order valence-corrected chi connectivity index (χ3v) is 2.61. The summed E-state index contributed by atoms with van der Waals surface area (Å²) >= 11 is 0. The van der Waals surface area contributed by atoms with E-state index >= 15 is 0 Å². The van der Waals surface area contributed by atoms with Gasteiger partial charge in [0.2, 0.25) is 5.91 Å². The van der Waals surface area contributed by atoms with E-state index in [1.165, 1.54) is 12.3 Å². The second kappa shape index (κ2) is 6.40. The molecule has 22 heavy (non-hydrogen) atoms. The van der Waals surface area contributed by atoms with Crippen molar-refractivity contribution in [3.8, 4) is 0 Å². The molecule has 0 spiro atoms. The lowest BCUT2D eigenvalue weighted by molar-refractivity contribution is -0.255. The number of carboxylic acid groups (broad SMARTS) is 2. The molecule has 1 heterocycles. The van der Waals surface area contributed by atoms with E-state index in [9.17, 15) is 24.6 Å². The average Bonchev–Trinajstić information content (AvgIpc) is 2.98. The van der Waals surface area contributed by atoms with E-state index in [1.54, 1.807) is 12.1 Å². The molecule has 0 saturated carbocycles. The van der Waals surface area contributed by atoms with Crippen molar-refractivity contribution < 1.29 is 29.0 Å². The summed E-state index contributed by atoms with van der Waals surface area (Å²) in [5, 5.41) is 24.0. The van der Waals surface area contributed by atoms with Gasteiger partial charge in [-0.1, -0.05) is 0 Å². The van der Waals surface area contributed by atoms with Gasteiger partial charge >= 0.3 is 0 Å². The molecule has 0 aliphatic rings. The predicted octanol–water partition coefficient (Wildman–Crippen LogP) is -0.342. The van der Waals surface area contributed by atoms with E-state index in [4.69, 9.17) is 4.42 Å². The maximum Gasteiger partial charge on any atom is 0.248 e. The van der Waals surface area contributed by atoms with Gasteiger partial charge in [0.1, 0.15) is 5.76 Å². The second-order valence-corrected chi connectivity index (χ2v) is 4.21. The summed E-state index contributed by atoms with van der Waals surface area (Å²) < 4.78 is 5.00. The summed E-state index contributed by atoms with van der Waals surface area (Å²) in [5.41, 5.74) is -0.769.